The Balaban J connectivity index is 3.53. The first-order valence-corrected chi connectivity index (χ1v) is 4.26. The van der Waals surface area contributed by atoms with Crippen LogP contribution in [0, 0.1) is 24.2 Å². The first kappa shape index (κ1) is 10.3. The van der Waals surface area contributed by atoms with Crippen LogP contribution < -0.4 is 0 Å². The van der Waals surface area contributed by atoms with E-state index in [9.17, 15) is 0 Å². The van der Waals surface area contributed by atoms with Gasteiger partial charge in [0.15, 0.2) is 0 Å². The molecule has 0 amide bonds. The molecular weight excluding hydrogens is 132 g/mol. The molecule has 0 aliphatic heterocycles. The third-order valence-electron chi connectivity index (χ3n) is 1.83. The van der Waals surface area contributed by atoms with E-state index in [-0.39, 0.29) is 0 Å². The van der Waals surface area contributed by atoms with Gasteiger partial charge in [0, 0.05) is 6.42 Å². The van der Waals surface area contributed by atoms with Crippen LogP contribution in [-0.4, -0.2) is 0 Å². The summed E-state index contributed by atoms with van der Waals surface area (Å²) in [5, 5.41) is 0. The molecular formula is C11H18. The fraction of sp³-hybridized carbons (Fsp3) is 0.636. The average Bonchev–Trinajstić information content (AvgIpc) is 1.97. The third-order valence-corrected chi connectivity index (χ3v) is 1.83. The Morgan fingerprint density at radius 3 is 2.45 bits per heavy atom. The van der Waals surface area contributed by atoms with Gasteiger partial charge >= 0.3 is 0 Å². The monoisotopic (exact) mass is 150 g/mol. The molecule has 0 aromatic carbocycles. The van der Waals surface area contributed by atoms with Gasteiger partial charge in [-0.05, 0) is 18.3 Å². The Morgan fingerprint density at radius 2 is 2.09 bits per heavy atom. The molecule has 0 bridgehead atoms. The first-order chi connectivity index (χ1) is 5.20. The summed E-state index contributed by atoms with van der Waals surface area (Å²) < 4.78 is 0. The Hall–Kier alpha value is -0.700. The highest BCUT2D eigenvalue weighted by Crippen LogP contribution is 2.15. The Kier molecular flexibility index (Phi) is 5.65. The zero-order valence-electron chi connectivity index (χ0n) is 7.64. The van der Waals surface area contributed by atoms with Crippen LogP contribution in [-0.2, 0) is 0 Å². The van der Waals surface area contributed by atoms with Crippen LogP contribution in [0.4, 0.5) is 0 Å². The summed E-state index contributed by atoms with van der Waals surface area (Å²) in [7, 11) is 0. The van der Waals surface area contributed by atoms with Gasteiger partial charge in [0.05, 0.1) is 0 Å². The predicted octanol–water partition coefficient (Wildman–Crippen LogP) is 3.25. The van der Waals surface area contributed by atoms with E-state index in [0.717, 1.165) is 12.3 Å². The summed E-state index contributed by atoms with van der Waals surface area (Å²) in [6, 6.07) is 0. The van der Waals surface area contributed by atoms with Crippen molar-refractivity contribution >= 4 is 0 Å². The lowest BCUT2D eigenvalue weighted by molar-refractivity contribution is 0.487. The van der Waals surface area contributed by atoms with Crippen LogP contribution in [0.5, 0.6) is 0 Å². The third kappa shape index (κ3) is 5.73. The molecule has 0 saturated heterocycles. The molecule has 0 heteroatoms. The summed E-state index contributed by atoms with van der Waals surface area (Å²) in [5.74, 6) is 3.97. The van der Waals surface area contributed by atoms with Crippen LogP contribution >= 0.6 is 0 Å². The summed E-state index contributed by atoms with van der Waals surface area (Å²) >= 11 is 0. The summed E-state index contributed by atoms with van der Waals surface area (Å²) in [5.41, 5.74) is 0. The largest absolute Gasteiger partial charge is 0.120 e. The molecule has 0 nitrogen and oxygen atoms in total. The van der Waals surface area contributed by atoms with E-state index in [1.165, 1.54) is 12.8 Å². The highest BCUT2D eigenvalue weighted by atomic mass is 14.1. The van der Waals surface area contributed by atoms with Gasteiger partial charge in [-0.15, -0.1) is 18.9 Å². The van der Waals surface area contributed by atoms with E-state index in [4.69, 9.17) is 6.42 Å². The molecule has 0 aliphatic rings. The van der Waals surface area contributed by atoms with Gasteiger partial charge in [-0.2, -0.15) is 0 Å². The van der Waals surface area contributed by atoms with Gasteiger partial charge in [0.25, 0.3) is 0 Å². The van der Waals surface area contributed by atoms with Crippen molar-refractivity contribution in [2.75, 3.05) is 0 Å². The van der Waals surface area contributed by atoms with Gasteiger partial charge in [-0.25, -0.2) is 0 Å². The summed E-state index contributed by atoms with van der Waals surface area (Å²) in [4.78, 5) is 0. The second-order valence-electron chi connectivity index (χ2n) is 3.38. The normalized spacial score (nSPS) is 12.5. The van der Waals surface area contributed by atoms with Crippen molar-refractivity contribution < 1.29 is 0 Å². The second-order valence-corrected chi connectivity index (χ2v) is 3.38. The van der Waals surface area contributed by atoms with Crippen molar-refractivity contribution in [3.05, 3.63) is 12.7 Å². The zero-order valence-corrected chi connectivity index (χ0v) is 7.64. The van der Waals surface area contributed by atoms with Crippen molar-refractivity contribution in [2.24, 2.45) is 11.8 Å². The van der Waals surface area contributed by atoms with Crippen molar-refractivity contribution in [3.8, 4) is 12.3 Å². The Bertz CT molecular complexity index is 137. The minimum absolute atomic E-state index is 0.530. The van der Waals surface area contributed by atoms with Gasteiger partial charge in [-0.3, -0.25) is 0 Å². The standard InChI is InChI=1S/C11H18/c1-5-7-11(6-2)9-8-10(3)4/h1,6,10-11H,2,7-9H2,3-4H3. The van der Waals surface area contributed by atoms with E-state index in [0.29, 0.717) is 5.92 Å². The molecule has 0 radical (unpaired) electrons. The van der Waals surface area contributed by atoms with Crippen molar-refractivity contribution in [2.45, 2.75) is 33.1 Å². The smallest absolute Gasteiger partial charge is 0.0149 e. The molecule has 0 aromatic heterocycles. The van der Waals surface area contributed by atoms with Gasteiger partial charge in [-0.1, -0.05) is 26.3 Å². The Morgan fingerprint density at radius 1 is 1.45 bits per heavy atom. The van der Waals surface area contributed by atoms with Gasteiger partial charge in [0.1, 0.15) is 0 Å². The van der Waals surface area contributed by atoms with Crippen LogP contribution in [0.3, 0.4) is 0 Å². The lowest BCUT2D eigenvalue weighted by Gasteiger charge is -2.09. The van der Waals surface area contributed by atoms with Gasteiger partial charge < -0.3 is 0 Å². The highest BCUT2D eigenvalue weighted by Gasteiger charge is 2.02. The van der Waals surface area contributed by atoms with Crippen LogP contribution in [0.1, 0.15) is 33.1 Å². The van der Waals surface area contributed by atoms with Crippen LogP contribution in [0.25, 0.3) is 0 Å². The number of hydrogen-bond donors (Lipinski definition) is 0. The van der Waals surface area contributed by atoms with Crippen LogP contribution in [0.2, 0.25) is 0 Å². The molecule has 0 saturated carbocycles. The minimum atomic E-state index is 0.530. The van der Waals surface area contributed by atoms with Crippen molar-refractivity contribution in [3.63, 3.8) is 0 Å². The van der Waals surface area contributed by atoms with E-state index < -0.39 is 0 Å². The molecule has 62 valence electrons. The average molecular weight is 150 g/mol. The molecule has 0 aromatic rings. The topological polar surface area (TPSA) is 0 Å². The number of rotatable bonds is 5. The zero-order chi connectivity index (χ0) is 8.69. The fourth-order valence-electron chi connectivity index (χ4n) is 1.00. The predicted molar refractivity (Wildman–Crippen MR) is 51.2 cm³/mol. The maximum Gasteiger partial charge on any atom is 0.0149 e. The molecule has 1 unspecified atom stereocenters. The number of hydrogen-bond acceptors (Lipinski definition) is 0. The highest BCUT2D eigenvalue weighted by molar-refractivity contribution is 4.92. The lowest BCUT2D eigenvalue weighted by Crippen LogP contribution is -1.97. The summed E-state index contributed by atoms with van der Waals surface area (Å²) in [6.07, 6.45) is 10.5. The molecule has 11 heavy (non-hydrogen) atoms. The lowest BCUT2D eigenvalue weighted by atomic mass is 9.96. The molecule has 0 spiro atoms. The Labute approximate surface area is 70.7 Å². The first-order valence-electron chi connectivity index (χ1n) is 4.26. The molecule has 1 atom stereocenters. The number of allylic oxidation sites excluding steroid dienone is 1. The summed E-state index contributed by atoms with van der Waals surface area (Å²) in [6.45, 7) is 8.23. The molecule has 0 N–H and O–H groups in total. The fourth-order valence-corrected chi connectivity index (χ4v) is 1.00. The van der Waals surface area contributed by atoms with E-state index in [2.05, 4.69) is 26.3 Å². The maximum absolute atomic E-state index is 5.21. The van der Waals surface area contributed by atoms with E-state index in [1.54, 1.807) is 0 Å². The maximum atomic E-state index is 5.21. The van der Waals surface area contributed by atoms with E-state index >= 15 is 0 Å². The minimum Gasteiger partial charge on any atom is -0.120 e. The quantitative estimate of drug-likeness (QED) is 0.417. The molecule has 0 aliphatic carbocycles. The van der Waals surface area contributed by atoms with E-state index in [1.807, 2.05) is 6.08 Å². The van der Waals surface area contributed by atoms with Crippen molar-refractivity contribution in [1.29, 1.82) is 0 Å². The molecule has 0 heterocycles. The number of terminal acetylenes is 1. The molecule has 0 fully saturated rings. The van der Waals surface area contributed by atoms with Crippen molar-refractivity contribution in [1.82, 2.24) is 0 Å². The molecule has 0 rings (SSSR count). The van der Waals surface area contributed by atoms with Crippen LogP contribution in [0.15, 0.2) is 12.7 Å². The van der Waals surface area contributed by atoms with Gasteiger partial charge in [0.2, 0.25) is 0 Å². The second kappa shape index (κ2) is 6.04. The SMILES string of the molecule is C#CCC(C=C)CCC(C)C.